The Bertz CT molecular complexity index is 689. The fourth-order valence-electron chi connectivity index (χ4n) is 1.95. The van der Waals surface area contributed by atoms with Crippen LogP contribution in [0.4, 0.5) is 0 Å². The van der Waals surface area contributed by atoms with Gasteiger partial charge >= 0.3 is 0 Å². The largest absolute Gasteiger partial charge is 0.489 e. The average Bonchev–Trinajstić information content (AvgIpc) is 2.68. The standard InChI is InChI=1S/C12H15NO5S/c1-13-8-11(19(14,15)16)9-4-3-5-10(12(9)13)18-7-6-17-2/h3-5,8H,6-7H2,1-2H3,(H,14,15,16). The highest BCUT2D eigenvalue weighted by Gasteiger charge is 2.19. The van der Waals surface area contributed by atoms with Crippen LogP contribution in [0.2, 0.25) is 0 Å². The van der Waals surface area contributed by atoms with Crippen LogP contribution >= 0.6 is 0 Å². The Kier molecular flexibility index (Phi) is 3.79. The molecule has 6 nitrogen and oxygen atoms in total. The van der Waals surface area contributed by atoms with E-state index in [1.807, 2.05) is 0 Å². The summed E-state index contributed by atoms with van der Waals surface area (Å²) >= 11 is 0. The maximum atomic E-state index is 11.3. The molecule has 0 aliphatic carbocycles. The zero-order chi connectivity index (χ0) is 14.0. The van der Waals surface area contributed by atoms with Gasteiger partial charge in [-0.3, -0.25) is 4.55 Å². The molecule has 0 saturated heterocycles. The van der Waals surface area contributed by atoms with Gasteiger partial charge in [-0.2, -0.15) is 8.42 Å². The first-order chi connectivity index (χ1) is 8.95. The highest BCUT2D eigenvalue weighted by molar-refractivity contribution is 7.86. The first kappa shape index (κ1) is 13.9. The van der Waals surface area contributed by atoms with E-state index < -0.39 is 10.1 Å². The molecule has 0 radical (unpaired) electrons. The van der Waals surface area contributed by atoms with Crippen molar-refractivity contribution in [2.24, 2.45) is 7.05 Å². The molecule has 0 spiro atoms. The van der Waals surface area contributed by atoms with Crippen LogP contribution in [-0.2, 0) is 21.9 Å². The number of methoxy groups -OCH3 is 1. The number of rotatable bonds is 5. The summed E-state index contributed by atoms with van der Waals surface area (Å²) in [5.74, 6) is 0.548. The van der Waals surface area contributed by atoms with E-state index in [1.165, 1.54) is 6.20 Å². The Hall–Kier alpha value is -1.57. The van der Waals surface area contributed by atoms with Crippen molar-refractivity contribution >= 4 is 21.0 Å². The molecule has 2 aromatic rings. The van der Waals surface area contributed by atoms with E-state index in [-0.39, 0.29) is 4.90 Å². The van der Waals surface area contributed by atoms with Gasteiger partial charge in [-0.25, -0.2) is 0 Å². The molecule has 0 fully saturated rings. The van der Waals surface area contributed by atoms with Gasteiger partial charge in [-0.1, -0.05) is 12.1 Å². The maximum absolute atomic E-state index is 11.3. The number of hydrogen-bond donors (Lipinski definition) is 1. The van der Waals surface area contributed by atoms with Gasteiger partial charge in [0.05, 0.1) is 12.1 Å². The Morgan fingerprint density at radius 3 is 2.68 bits per heavy atom. The fourth-order valence-corrected chi connectivity index (χ4v) is 2.69. The van der Waals surface area contributed by atoms with E-state index >= 15 is 0 Å². The molecule has 1 aromatic carbocycles. The molecule has 0 aliphatic heterocycles. The molecule has 0 amide bonds. The topological polar surface area (TPSA) is 77.8 Å². The average molecular weight is 285 g/mol. The molecular formula is C12H15NO5S. The number of aryl methyl sites for hydroxylation is 1. The summed E-state index contributed by atoms with van der Waals surface area (Å²) in [4.78, 5) is -0.123. The molecule has 19 heavy (non-hydrogen) atoms. The van der Waals surface area contributed by atoms with Gasteiger partial charge in [-0.15, -0.1) is 0 Å². The lowest BCUT2D eigenvalue weighted by molar-refractivity contribution is 0.147. The van der Waals surface area contributed by atoms with Crippen LogP contribution in [0.1, 0.15) is 0 Å². The SMILES string of the molecule is COCCOc1cccc2c(S(=O)(=O)O)cn(C)c12. The van der Waals surface area contributed by atoms with Crippen LogP contribution in [-0.4, -0.2) is 37.9 Å². The van der Waals surface area contributed by atoms with Crippen molar-refractivity contribution in [3.63, 3.8) is 0 Å². The highest BCUT2D eigenvalue weighted by Crippen LogP contribution is 2.31. The third kappa shape index (κ3) is 2.73. The molecule has 0 saturated carbocycles. The van der Waals surface area contributed by atoms with E-state index in [2.05, 4.69) is 0 Å². The first-order valence-electron chi connectivity index (χ1n) is 5.62. The highest BCUT2D eigenvalue weighted by atomic mass is 32.2. The van der Waals surface area contributed by atoms with Gasteiger partial charge in [0.25, 0.3) is 10.1 Å². The lowest BCUT2D eigenvalue weighted by atomic mass is 10.2. The first-order valence-corrected chi connectivity index (χ1v) is 7.06. The van der Waals surface area contributed by atoms with E-state index in [1.54, 1.807) is 36.9 Å². The van der Waals surface area contributed by atoms with E-state index in [4.69, 9.17) is 9.47 Å². The zero-order valence-electron chi connectivity index (χ0n) is 10.7. The summed E-state index contributed by atoms with van der Waals surface area (Å²) in [7, 11) is -0.985. The molecule has 0 bridgehead atoms. The second-order valence-electron chi connectivity index (χ2n) is 4.07. The zero-order valence-corrected chi connectivity index (χ0v) is 11.5. The number of para-hydroxylation sites is 1. The molecule has 2 rings (SSSR count). The lowest BCUT2D eigenvalue weighted by Crippen LogP contribution is -2.05. The Labute approximate surface area is 111 Å². The van der Waals surface area contributed by atoms with Gasteiger partial charge < -0.3 is 14.0 Å². The molecule has 1 aromatic heterocycles. The van der Waals surface area contributed by atoms with Crippen molar-refractivity contribution in [3.05, 3.63) is 24.4 Å². The Morgan fingerprint density at radius 1 is 1.32 bits per heavy atom. The Balaban J connectivity index is 2.54. The lowest BCUT2D eigenvalue weighted by Gasteiger charge is -2.08. The Morgan fingerprint density at radius 2 is 2.05 bits per heavy atom. The number of nitrogens with zero attached hydrogens (tertiary/aromatic N) is 1. The summed E-state index contributed by atoms with van der Waals surface area (Å²) in [6, 6.07) is 5.05. The van der Waals surface area contributed by atoms with Crippen molar-refractivity contribution in [2.45, 2.75) is 4.90 Å². The van der Waals surface area contributed by atoms with Gasteiger partial charge in [0.2, 0.25) is 0 Å². The normalized spacial score (nSPS) is 11.9. The predicted molar refractivity (Wildman–Crippen MR) is 70.1 cm³/mol. The summed E-state index contributed by atoms with van der Waals surface area (Å²) in [5.41, 5.74) is 0.617. The van der Waals surface area contributed by atoms with E-state index in [9.17, 15) is 13.0 Å². The van der Waals surface area contributed by atoms with Crippen LogP contribution in [0.3, 0.4) is 0 Å². The van der Waals surface area contributed by atoms with Crippen molar-refractivity contribution in [3.8, 4) is 5.75 Å². The maximum Gasteiger partial charge on any atom is 0.296 e. The van der Waals surface area contributed by atoms with Crippen LogP contribution < -0.4 is 4.74 Å². The van der Waals surface area contributed by atoms with E-state index in [0.717, 1.165) is 0 Å². The van der Waals surface area contributed by atoms with Gasteiger partial charge in [0.15, 0.2) is 0 Å². The number of fused-ring (bicyclic) bond motifs is 1. The smallest absolute Gasteiger partial charge is 0.296 e. The van der Waals surface area contributed by atoms with Gasteiger partial charge in [-0.05, 0) is 6.07 Å². The van der Waals surface area contributed by atoms with Crippen molar-refractivity contribution in [1.82, 2.24) is 4.57 Å². The van der Waals surface area contributed by atoms with Crippen LogP contribution in [0.25, 0.3) is 10.9 Å². The third-order valence-electron chi connectivity index (χ3n) is 2.75. The molecule has 0 atom stereocenters. The third-order valence-corrected chi connectivity index (χ3v) is 3.63. The monoisotopic (exact) mass is 285 g/mol. The van der Waals surface area contributed by atoms with Crippen LogP contribution in [0, 0.1) is 0 Å². The molecule has 104 valence electrons. The predicted octanol–water partition coefficient (Wildman–Crippen LogP) is 1.45. The molecule has 0 aliphatic rings. The minimum absolute atomic E-state index is 0.123. The molecule has 0 unspecified atom stereocenters. The summed E-state index contributed by atoms with van der Waals surface area (Å²) in [6.07, 6.45) is 1.36. The molecule has 1 heterocycles. The number of ether oxygens (including phenoxy) is 2. The summed E-state index contributed by atoms with van der Waals surface area (Å²) in [5, 5.41) is 0.430. The van der Waals surface area contributed by atoms with Crippen LogP contribution in [0.5, 0.6) is 5.75 Å². The number of aromatic nitrogens is 1. The van der Waals surface area contributed by atoms with Crippen molar-refractivity contribution < 1.29 is 22.4 Å². The minimum Gasteiger partial charge on any atom is -0.489 e. The number of benzene rings is 1. The minimum atomic E-state index is -4.25. The van der Waals surface area contributed by atoms with Gasteiger partial charge in [0, 0.05) is 25.7 Å². The summed E-state index contributed by atoms with van der Waals surface area (Å²) in [6.45, 7) is 0.800. The van der Waals surface area contributed by atoms with Crippen LogP contribution in [0.15, 0.2) is 29.3 Å². The van der Waals surface area contributed by atoms with Crippen molar-refractivity contribution in [2.75, 3.05) is 20.3 Å². The molecule has 7 heteroatoms. The second kappa shape index (κ2) is 5.20. The molecule has 1 N–H and O–H groups in total. The van der Waals surface area contributed by atoms with E-state index in [0.29, 0.717) is 29.9 Å². The second-order valence-corrected chi connectivity index (χ2v) is 5.46. The molecular weight excluding hydrogens is 270 g/mol. The van der Waals surface area contributed by atoms with Gasteiger partial charge in [0.1, 0.15) is 17.3 Å². The quantitative estimate of drug-likeness (QED) is 0.664. The van der Waals surface area contributed by atoms with Crippen molar-refractivity contribution in [1.29, 1.82) is 0 Å². The number of hydrogen-bond acceptors (Lipinski definition) is 4. The fraction of sp³-hybridized carbons (Fsp3) is 0.333. The summed E-state index contributed by atoms with van der Waals surface area (Å²) < 4.78 is 43.9.